The monoisotopic (exact) mass is 430 g/mol. The van der Waals surface area contributed by atoms with Crippen molar-refractivity contribution in [1.29, 1.82) is 0 Å². The zero-order chi connectivity index (χ0) is 20.6. The SMILES string of the molecule is CCc1cccc(N2C=C(C(=O)N3CCCCC3)S(=O)(=O)c3ccc(Cl)cc32)c1. The summed E-state index contributed by atoms with van der Waals surface area (Å²) in [5, 5.41) is 0.440. The van der Waals surface area contributed by atoms with E-state index < -0.39 is 15.7 Å². The molecule has 0 radical (unpaired) electrons. The number of anilines is 2. The van der Waals surface area contributed by atoms with Crippen LogP contribution in [0.3, 0.4) is 0 Å². The zero-order valence-electron chi connectivity index (χ0n) is 16.3. The minimum Gasteiger partial charge on any atom is -0.338 e. The topological polar surface area (TPSA) is 57.7 Å². The molecule has 1 saturated heterocycles. The average Bonchev–Trinajstić information content (AvgIpc) is 2.74. The Hall–Kier alpha value is -2.31. The van der Waals surface area contributed by atoms with E-state index in [4.69, 9.17) is 11.6 Å². The van der Waals surface area contributed by atoms with Crippen LogP contribution in [0, 0.1) is 0 Å². The van der Waals surface area contributed by atoms with E-state index >= 15 is 0 Å². The molecule has 29 heavy (non-hydrogen) atoms. The van der Waals surface area contributed by atoms with E-state index in [0.717, 1.165) is 36.9 Å². The van der Waals surface area contributed by atoms with Crippen LogP contribution < -0.4 is 4.90 Å². The number of amides is 1. The molecule has 152 valence electrons. The molecule has 0 aliphatic carbocycles. The first kappa shape index (κ1) is 20.0. The van der Waals surface area contributed by atoms with E-state index in [1.165, 1.54) is 12.3 Å². The van der Waals surface area contributed by atoms with Crippen LogP contribution in [-0.2, 0) is 21.1 Å². The summed E-state index contributed by atoms with van der Waals surface area (Å²) in [6.45, 7) is 3.24. The predicted octanol–water partition coefficient (Wildman–Crippen LogP) is 4.68. The van der Waals surface area contributed by atoms with Gasteiger partial charge in [-0.2, -0.15) is 0 Å². The molecule has 2 aromatic rings. The van der Waals surface area contributed by atoms with E-state index in [2.05, 4.69) is 6.92 Å². The minimum atomic E-state index is -3.94. The second-order valence-corrected chi connectivity index (χ2v) is 9.68. The first-order valence-electron chi connectivity index (χ1n) is 9.85. The highest BCUT2D eigenvalue weighted by molar-refractivity contribution is 7.96. The molecule has 0 bridgehead atoms. The Balaban J connectivity index is 1.87. The summed E-state index contributed by atoms with van der Waals surface area (Å²) < 4.78 is 26.6. The fourth-order valence-electron chi connectivity index (χ4n) is 3.84. The third kappa shape index (κ3) is 3.67. The highest BCUT2D eigenvalue weighted by Crippen LogP contribution is 2.41. The third-order valence-corrected chi connectivity index (χ3v) is 7.48. The zero-order valence-corrected chi connectivity index (χ0v) is 17.8. The van der Waals surface area contributed by atoms with Gasteiger partial charge in [0.2, 0.25) is 9.84 Å². The molecule has 2 aromatic carbocycles. The summed E-state index contributed by atoms with van der Waals surface area (Å²) in [6.07, 6.45) is 5.17. The minimum absolute atomic E-state index is 0.103. The van der Waals surface area contributed by atoms with Gasteiger partial charge in [-0.1, -0.05) is 30.7 Å². The molecule has 1 amide bonds. The largest absolute Gasteiger partial charge is 0.338 e. The Bertz CT molecular complexity index is 1090. The standard InChI is InChI=1S/C22H23ClN2O3S/c1-2-16-7-6-8-18(13-16)25-15-21(22(26)24-11-4-3-5-12-24)29(27,28)20-10-9-17(23)14-19(20)25/h6-10,13-15H,2-5,11-12H2,1H3. The molecule has 0 N–H and O–H groups in total. The first-order valence-corrected chi connectivity index (χ1v) is 11.7. The van der Waals surface area contributed by atoms with E-state index in [9.17, 15) is 13.2 Å². The summed E-state index contributed by atoms with van der Waals surface area (Å²) in [6, 6.07) is 12.5. The van der Waals surface area contributed by atoms with Crippen molar-refractivity contribution in [2.24, 2.45) is 0 Å². The van der Waals surface area contributed by atoms with Gasteiger partial charge in [-0.25, -0.2) is 8.42 Å². The second-order valence-electron chi connectivity index (χ2n) is 7.36. The fraction of sp³-hybridized carbons (Fsp3) is 0.318. The van der Waals surface area contributed by atoms with Crippen molar-refractivity contribution in [2.45, 2.75) is 37.5 Å². The molecule has 0 spiro atoms. The second kappa shape index (κ2) is 7.84. The quantitative estimate of drug-likeness (QED) is 0.709. The van der Waals surface area contributed by atoms with Crippen LogP contribution in [0.4, 0.5) is 11.4 Å². The molecule has 4 rings (SSSR count). The van der Waals surface area contributed by atoms with Crippen molar-refractivity contribution < 1.29 is 13.2 Å². The lowest BCUT2D eigenvalue weighted by Gasteiger charge is -2.32. The van der Waals surface area contributed by atoms with Gasteiger partial charge in [0.15, 0.2) is 4.91 Å². The number of likely N-dealkylation sites (tertiary alicyclic amines) is 1. The van der Waals surface area contributed by atoms with Crippen LogP contribution in [0.5, 0.6) is 0 Å². The van der Waals surface area contributed by atoms with Gasteiger partial charge < -0.3 is 9.80 Å². The average molecular weight is 431 g/mol. The molecular weight excluding hydrogens is 408 g/mol. The van der Waals surface area contributed by atoms with Crippen LogP contribution in [0.2, 0.25) is 5.02 Å². The molecule has 2 aliphatic heterocycles. The Morgan fingerprint density at radius 2 is 1.83 bits per heavy atom. The number of carbonyl (C=O) groups is 1. The summed E-state index contributed by atoms with van der Waals surface area (Å²) in [5.41, 5.74) is 2.38. The maximum atomic E-state index is 13.3. The van der Waals surface area contributed by atoms with E-state index in [-0.39, 0.29) is 9.80 Å². The molecule has 7 heteroatoms. The van der Waals surface area contributed by atoms with Crippen molar-refractivity contribution in [2.75, 3.05) is 18.0 Å². The Kier molecular flexibility index (Phi) is 5.40. The van der Waals surface area contributed by atoms with Crippen molar-refractivity contribution >= 4 is 38.7 Å². The number of benzene rings is 2. The maximum absolute atomic E-state index is 13.3. The Labute approximate surface area is 176 Å². The van der Waals surface area contributed by atoms with Gasteiger partial charge in [-0.15, -0.1) is 0 Å². The van der Waals surface area contributed by atoms with Crippen LogP contribution in [-0.4, -0.2) is 32.3 Å². The maximum Gasteiger partial charge on any atom is 0.267 e. The summed E-state index contributed by atoms with van der Waals surface area (Å²) in [7, 11) is -3.94. The van der Waals surface area contributed by atoms with Gasteiger partial charge in [0.05, 0.1) is 10.6 Å². The Morgan fingerprint density at radius 1 is 1.07 bits per heavy atom. The smallest absolute Gasteiger partial charge is 0.267 e. The fourth-order valence-corrected chi connectivity index (χ4v) is 5.53. The number of aryl methyl sites for hydroxylation is 1. The molecule has 1 fully saturated rings. The molecule has 0 aromatic heterocycles. The highest BCUT2D eigenvalue weighted by Gasteiger charge is 2.38. The van der Waals surface area contributed by atoms with E-state index in [1.807, 2.05) is 24.3 Å². The van der Waals surface area contributed by atoms with Gasteiger partial charge in [-0.3, -0.25) is 4.79 Å². The number of fused-ring (bicyclic) bond motifs is 1. The van der Waals surface area contributed by atoms with Crippen LogP contribution >= 0.6 is 11.6 Å². The summed E-state index contributed by atoms with van der Waals surface area (Å²) in [4.78, 5) is 16.5. The number of halogens is 1. The highest BCUT2D eigenvalue weighted by atomic mass is 35.5. The lowest BCUT2D eigenvalue weighted by atomic mass is 10.1. The van der Waals surface area contributed by atoms with Crippen LogP contribution in [0.25, 0.3) is 0 Å². The number of carbonyl (C=O) groups excluding carboxylic acids is 1. The molecule has 0 atom stereocenters. The van der Waals surface area contributed by atoms with Gasteiger partial charge in [0, 0.05) is 30.0 Å². The van der Waals surface area contributed by atoms with Crippen molar-refractivity contribution in [3.05, 3.63) is 64.2 Å². The van der Waals surface area contributed by atoms with Gasteiger partial charge in [0.25, 0.3) is 5.91 Å². The molecule has 0 unspecified atom stereocenters. The van der Waals surface area contributed by atoms with E-state index in [1.54, 1.807) is 21.9 Å². The van der Waals surface area contributed by atoms with Crippen molar-refractivity contribution in [3.8, 4) is 0 Å². The van der Waals surface area contributed by atoms with Gasteiger partial charge in [0.1, 0.15) is 0 Å². The number of piperidine rings is 1. The number of hydrogen-bond acceptors (Lipinski definition) is 4. The molecule has 5 nitrogen and oxygen atoms in total. The first-order chi connectivity index (χ1) is 13.9. The lowest BCUT2D eigenvalue weighted by Crippen LogP contribution is -2.39. The normalized spacial score (nSPS) is 18.2. The third-order valence-electron chi connectivity index (χ3n) is 5.46. The number of nitrogens with zero attached hydrogens (tertiary/aromatic N) is 2. The van der Waals surface area contributed by atoms with Gasteiger partial charge >= 0.3 is 0 Å². The van der Waals surface area contributed by atoms with Crippen LogP contribution in [0.1, 0.15) is 31.7 Å². The van der Waals surface area contributed by atoms with E-state index in [0.29, 0.717) is 23.8 Å². The lowest BCUT2D eigenvalue weighted by molar-refractivity contribution is -0.127. The number of sulfone groups is 1. The summed E-state index contributed by atoms with van der Waals surface area (Å²) in [5.74, 6) is -0.429. The molecule has 2 aliphatic rings. The van der Waals surface area contributed by atoms with Crippen molar-refractivity contribution in [3.63, 3.8) is 0 Å². The molecule has 0 saturated carbocycles. The number of hydrogen-bond donors (Lipinski definition) is 0. The number of rotatable bonds is 3. The van der Waals surface area contributed by atoms with Crippen LogP contribution in [0.15, 0.2) is 58.5 Å². The predicted molar refractivity (Wildman–Crippen MR) is 115 cm³/mol. The molecule has 2 heterocycles. The Morgan fingerprint density at radius 3 is 2.55 bits per heavy atom. The van der Waals surface area contributed by atoms with Crippen molar-refractivity contribution in [1.82, 2.24) is 4.90 Å². The summed E-state index contributed by atoms with van der Waals surface area (Å²) >= 11 is 6.18. The van der Waals surface area contributed by atoms with Gasteiger partial charge in [-0.05, 0) is 61.6 Å². The molecular formula is C22H23ClN2O3S.